The number of anilines is 1. The lowest BCUT2D eigenvalue weighted by Gasteiger charge is -2.28. The maximum atomic E-state index is 12.8. The van der Waals surface area contributed by atoms with E-state index in [1.54, 1.807) is 6.20 Å². The van der Waals surface area contributed by atoms with Gasteiger partial charge in [-0.1, -0.05) is 31.2 Å². The van der Waals surface area contributed by atoms with E-state index in [4.69, 9.17) is 12.2 Å². The Labute approximate surface area is 194 Å². The molecule has 1 aliphatic rings. The number of aromatic nitrogens is 2. The highest BCUT2D eigenvalue weighted by Crippen LogP contribution is 2.38. The molecule has 0 bridgehead atoms. The molecule has 7 heteroatoms. The van der Waals surface area contributed by atoms with E-state index in [2.05, 4.69) is 57.3 Å². The van der Waals surface area contributed by atoms with Crippen LogP contribution in [-0.4, -0.2) is 32.0 Å². The highest BCUT2D eigenvalue weighted by Gasteiger charge is 2.40. The third kappa shape index (κ3) is 4.53. The average molecular weight is 448 g/mol. The number of rotatable bonds is 8. The number of pyridine rings is 1. The van der Waals surface area contributed by atoms with Crippen molar-refractivity contribution in [2.45, 2.75) is 45.3 Å². The first kappa shape index (κ1) is 22.0. The average Bonchev–Trinajstić information content (AvgIpc) is 3.42. The SMILES string of the molecule is CCc1ccccc1NC(=O)CCN1C(=S)NC(c2ccccn2)C1c1cccn1CC. The fourth-order valence-corrected chi connectivity index (χ4v) is 4.67. The Balaban J connectivity index is 1.54. The number of hydrogen-bond acceptors (Lipinski definition) is 3. The summed E-state index contributed by atoms with van der Waals surface area (Å²) in [4.78, 5) is 19.5. The van der Waals surface area contributed by atoms with E-state index in [0.29, 0.717) is 18.1 Å². The number of thiocarbonyl (C=S) groups is 1. The van der Waals surface area contributed by atoms with E-state index in [1.807, 2.05) is 42.5 Å². The number of hydrogen-bond donors (Lipinski definition) is 2. The van der Waals surface area contributed by atoms with Crippen LogP contribution in [0.5, 0.6) is 0 Å². The van der Waals surface area contributed by atoms with Crippen molar-refractivity contribution in [1.29, 1.82) is 0 Å². The topological polar surface area (TPSA) is 62.2 Å². The van der Waals surface area contributed by atoms with Crippen LogP contribution in [0.1, 0.15) is 49.3 Å². The number of amides is 1. The van der Waals surface area contributed by atoms with E-state index in [9.17, 15) is 4.79 Å². The van der Waals surface area contributed by atoms with Crippen LogP contribution in [0, 0.1) is 0 Å². The van der Waals surface area contributed by atoms with Gasteiger partial charge in [-0.3, -0.25) is 9.78 Å². The van der Waals surface area contributed by atoms with Gasteiger partial charge in [0, 0.05) is 43.3 Å². The summed E-state index contributed by atoms with van der Waals surface area (Å²) < 4.78 is 2.22. The highest BCUT2D eigenvalue weighted by molar-refractivity contribution is 7.80. The number of nitrogens with one attached hydrogen (secondary N) is 2. The monoisotopic (exact) mass is 447 g/mol. The van der Waals surface area contributed by atoms with Crippen molar-refractivity contribution in [2.75, 3.05) is 11.9 Å². The lowest BCUT2D eigenvalue weighted by molar-refractivity contribution is -0.116. The van der Waals surface area contributed by atoms with E-state index >= 15 is 0 Å². The molecule has 2 N–H and O–H groups in total. The van der Waals surface area contributed by atoms with E-state index < -0.39 is 0 Å². The summed E-state index contributed by atoms with van der Waals surface area (Å²) in [5.74, 6) is -0.0142. The van der Waals surface area contributed by atoms with Crippen LogP contribution in [0.15, 0.2) is 67.0 Å². The summed E-state index contributed by atoms with van der Waals surface area (Å²) in [5.41, 5.74) is 4.11. The summed E-state index contributed by atoms with van der Waals surface area (Å²) >= 11 is 5.72. The molecule has 166 valence electrons. The molecule has 0 spiro atoms. The Morgan fingerprint density at radius 1 is 1.12 bits per heavy atom. The molecule has 1 fully saturated rings. The van der Waals surface area contributed by atoms with Crippen LogP contribution in [0.2, 0.25) is 0 Å². The van der Waals surface area contributed by atoms with Crippen molar-refractivity contribution in [1.82, 2.24) is 19.8 Å². The van der Waals surface area contributed by atoms with Crippen LogP contribution >= 0.6 is 12.2 Å². The predicted molar refractivity (Wildman–Crippen MR) is 131 cm³/mol. The van der Waals surface area contributed by atoms with Gasteiger partial charge in [-0.25, -0.2) is 0 Å². The number of aryl methyl sites for hydroxylation is 2. The van der Waals surface area contributed by atoms with Gasteiger partial charge in [0.1, 0.15) is 0 Å². The van der Waals surface area contributed by atoms with Gasteiger partial charge in [0.2, 0.25) is 5.91 Å². The smallest absolute Gasteiger partial charge is 0.226 e. The van der Waals surface area contributed by atoms with Crippen LogP contribution in [-0.2, 0) is 17.8 Å². The Morgan fingerprint density at radius 2 is 1.94 bits per heavy atom. The molecule has 0 radical (unpaired) electrons. The Kier molecular flexibility index (Phi) is 6.85. The van der Waals surface area contributed by atoms with Gasteiger partial charge in [-0.05, 0) is 61.5 Å². The quantitative estimate of drug-likeness (QED) is 0.499. The largest absolute Gasteiger partial charge is 0.352 e. The molecule has 32 heavy (non-hydrogen) atoms. The first-order chi connectivity index (χ1) is 15.6. The molecule has 4 rings (SSSR count). The highest BCUT2D eigenvalue weighted by atomic mass is 32.1. The zero-order chi connectivity index (χ0) is 22.5. The third-order valence-electron chi connectivity index (χ3n) is 5.96. The minimum atomic E-state index is -0.0761. The fraction of sp³-hybridized carbons (Fsp3) is 0.320. The molecule has 1 amide bonds. The van der Waals surface area contributed by atoms with Crippen LogP contribution in [0.3, 0.4) is 0 Å². The maximum Gasteiger partial charge on any atom is 0.226 e. The van der Waals surface area contributed by atoms with Gasteiger partial charge in [0.05, 0.1) is 17.8 Å². The minimum absolute atomic E-state index is 0.0142. The van der Waals surface area contributed by atoms with Crippen molar-refractivity contribution in [3.8, 4) is 0 Å². The van der Waals surface area contributed by atoms with Crippen LogP contribution in [0.4, 0.5) is 5.69 Å². The number of carbonyl (C=O) groups excluding carboxylic acids is 1. The fourth-order valence-electron chi connectivity index (χ4n) is 4.34. The second-order valence-corrected chi connectivity index (χ2v) is 8.23. The number of carbonyl (C=O) groups is 1. The summed E-state index contributed by atoms with van der Waals surface area (Å²) in [5, 5.41) is 7.17. The third-order valence-corrected chi connectivity index (χ3v) is 6.31. The summed E-state index contributed by atoms with van der Waals surface area (Å²) in [6, 6.07) is 17.9. The zero-order valence-electron chi connectivity index (χ0n) is 18.5. The molecular weight excluding hydrogens is 418 g/mol. The molecule has 0 saturated carbocycles. The van der Waals surface area contributed by atoms with Crippen molar-refractivity contribution < 1.29 is 4.79 Å². The molecule has 6 nitrogen and oxygen atoms in total. The number of nitrogens with zero attached hydrogens (tertiary/aromatic N) is 3. The van der Waals surface area contributed by atoms with Gasteiger partial charge in [0.15, 0.2) is 5.11 Å². The molecule has 2 atom stereocenters. The van der Waals surface area contributed by atoms with Gasteiger partial charge >= 0.3 is 0 Å². The first-order valence-corrected chi connectivity index (χ1v) is 11.5. The Morgan fingerprint density at radius 3 is 2.69 bits per heavy atom. The predicted octanol–water partition coefficient (Wildman–Crippen LogP) is 4.47. The van der Waals surface area contributed by atoms with Gasteiger partial charge in [0.25, 0.3) is 0 Å². The van der Waals surface area contributed by atoms with Gasteiger partial charge < -0.3 is 20.1 Å². The minimum Gasteiger partial charge on any atom is -0.352 e. The summed E-state index contributed by atoms with van der Waals surface area (Å²) in [7, 11) is 0. The lowest BCUT2D eigenvalue weighted by atomic mass is 10.0. The van der Waals surface area contributed by atoms with Crippen LogP contribution < -0.4 is 10.6 Å². The first-order valence-electron chi connectivity index (χ1n) is 11.1. The standard InChI is InChI=1S/C25H29N5OS/c1-3-18-10-5-6-11-19(18)27-22(31)14-17-30-24(21-13-9-16-29(21)4-2)23(28-25(30)32)20-12-7-8-15-26-20/h5-13,15-16,23-24H,3-4,14,17H2,1-2H3,(H,27,31)(H,28,32). The molecule has 1 aromatic carbocycles. The molecule has 0 aliphatic carbocycles. The Hall–Kier alpha value is -3.19. The zero-order valence-corrected chi connectivity index (χ0v) is 19.3. The Bertz CT molecular complexity index is 1080. The summed E-state index contributed by atoms with van der Waals surface area (Å²) in [6.45, 7) is 5.60. The molecule has 1 saturated heterocycles. The molecule has 3 heterocycles. The number of para-hydroxylation sites is 1. The van der Waals surface area contributed by atoms with Crippen molar-refractivity contribution in [3.63, 3.8) is 0 Å². The van der Waals surface area contributed by atoms with Crippen molar-refractivity contribution in [3.05, 3.63) is 83.9 Å². The molecule has 3 aromatic rings. The second kappa shape index (κ2) is 9.96. The second-order valence-electron chi connectivity index (χ2n) is 7.85. The molecule has 2 aromatic heterocycles. The van der Waals surface area contributed by atoms with Crippen LogP contribution in [0.25, 0.3) is 0 Å². The maximum absolute atomic E-state index is 12.8. The normalized spacial score (nSPS) is 17.9. The van der Waals surface area contributed by atoms with E-state index in [-0.39, 0.29) is 18.0 Å². The molecular formula is C25H29N5OS. The van der Waals surface area contributed by atoms with Gasteiger partial charge in [-0.2, -0.15) is 0 Å². The molecule has 1 aliphatic heterocycles. The number of benzene rings is 1. The van der Waals surface area contributed by atoms with Crippen molar-refractivity contribution in [2.24, 2.45) is 0 Å². The van der Waals surface area contributed by atoms with Crippen molar-refractivity contribution >= 4 is 28.9 Å². The lowest BCUT2D eigenvalue weighted by Crippen LogP contribution is -2.33. The summed E-state index contributed by atoms with van der Waals surface area (Å²) in [6.07, 6.45) is 5.10. The van der Waals surface area contributed by atoms with Gasteiger partial charge in [-0.15, -0.1) is 0 Å². The van der Waals surface area contributed by atoms with E-state index in [0.717, 1.165) is 35.6 Å². The molecule has 2 unspecified atom stereocenters. The van der Waals surface area contributed by atoms with E-state index in [1.165, 1.54) is 0 Å².